The first-order valence-electron chi connectivity index (χ1n) is 11.0. The average Bonchev–Trinajstić information content (AvgIpc) is 2.58. The standard InChI is InChI=1S/C24H41N3O/c1-17(9-7-10-19(3)26-27-22(25)28)11-13-20-18(2)12-14-21-23(4,5)15-8-16-24(20,21)6/h9,20-21H,2,7-8,10-16H2,1,3-6H3,(H3,25,27,28)/b17-9-,26-19+/t20-,21-,24-/m1/s1. The molecule has 2 fully saturated rings. The number of fused-ring (bicyclic) bond motifs is 1. The van der Waals surface area contributed by atoms with Crippen LogP contribution in [0.5, 0.6) is 0 Å². The van der Waals surface area contributed by atoms with Crippen LogP contribution in [0.4, 0.5) is 4.79 Å². The van der Waals surface area contributed by atoms with Gasteiger partial charge in [-0.15, -0.1) is 0 Å². The van der Waals surface area contributed by atoms with Gasteiger partial charge in [-0.2, -0.15) is 5.10 Å². The summed E-state index contributed by atoms with van der Waals surface area (Å²) in [4.78, 5) is 10.7. The monoisotopic (exact) mass is 387 g/mol. The number of nitrogens with zero attached hydrogens (tertiary/aromatic N) is 1. The van der Waals surface area contributed by atoms with Crippen LogP contribution in [0.2, 0.25) is 0 Å². The Morgan fingerprint density at radius 2 is 2.00 bits per heavy atom. The van der Waals surface area contributed by atoms with Crippen LogP contribution in [0.3, 0.4) is 0 Å². The number of hydrogen-bond acceptors (Lipinski definition) is 2. The van der Waals surface area contributed by atoms with Crippen molar-refractivity contribution in [1.82, 2.24) is 5.43 Å². The molecule has 28 heavy (non-hydrogen) atoms. The van der Waals surface area contributed by atoms with Crippen molar-refractivity contribution in [2.75, 3.05) is 0 Å². The van der Waals surface area contributed by atoms with Gasteiger partial charge in [-0.3, -0.25) is 0 Å². The van der Waals surface area contributed by atoms with Gasteiger partial charge in [0.25, 0.3) is 0 Å². The van der Waals surface area contributed by atoms with Crippen molar-refractivity contribution >= 4 is 11.7 Å². The Morgan fingerprint density at radius 1 is 1.29 bits per heavy atom. The molecule has 0 aromatic carbocycles. The Bertz CT molecular complexity index is 646. The number of carbonyl (C=O) groups excluding carboxylic acids is 1. The Kier molecular flexibility index (Phi) is 7.52. The summed E-state index contributed by atoms with van der Waals surface area (Å²) in [6.07, 6.45) is 13.1. The van der Waals surface area contributed by atoms with Gasteiger partial charge in [0, 0.05) is 5.71 Å². The van der Waals surface area contributed by atoms with Gasteiger partial charge in [0.05, 0.1) is 0 Å². The molecule has 4 nitrogen and oxygen atoms in total. The number of rotatable bonds is 7. The Hall–Kier alpha value is -1.58. The number of hydrazone groups is 1. The highest BCUT2D eigenvalue weighted by Gasteiger charge is 2.52. The molecule has 0 unspecified atom stereocenters. The molecule has 0 spiro atoms. The maximum absolute atomic E-state index is 10.7. The first kappa shape index (κ1) is 22.7. The molecule has 0 aromatic rings. The van der Waals surface area contributed by atoms with E-state index in [9.17, 15) is 4.79 Å². The number of nitrogens with one attached hydrogen (secondary N) is 1. The molecular formula is C24H41N3O. The molecule has 2 rings (SSSR count). The van der Waals surface area contributed by atoms with Crippen LogP contribution >= 0.6 is 0 Å². The van der Waals surface area contributed by atoms with Gasteiger partial charge in [0.15, 0.2) is 0 Å². The molecule has 0 heterocycles. The molecule has 0 aromatic heterocycles. The van der Waals surface area contributed by atoms with Gasteiger partial charge in [-0.05, 0) is 87.9 Å². The summed E-state index contributed by atoms with van der Waals surface area (Å²) < 4.78 is 0. The predicted molar refractivity (Wildman–Crippen MR) is 119 cm³/mol. The molecule has 2 amide bonds. The first-order valence-corrected chi connectivity index (χ1v) is 11.0. The highest BCUT2D eigenvalue weighted by atomic mass is 16.2. The number of carbonyl (C=O) groups is 1. The SMILES string of the molecule is C=C1CC[C@@H]2C(C)(C)CCC[C@]2(C)[C@@H]1CC/C(C)=C\CC/C(C)=N/NC(N)=O. The van der Waals surface area contributed by atoms with E-state index < -0.39 is 6.03 Å². The highest BCUT2D eigenvalue weighted by Crippen LogP contribution is 2.61. The summed E-state index contributed by atoms with van der Waals surface area (Å²) in [7, 11) is 0. The summed E-state index contributed by atoms with van der Waals surface area (Å²) in [6, 6.07) is -0.614. The Morgan fingerprint density at radius 3 is 2.68 bits per heavy atom. The number of urea groups is 1. The molecule has 3 N–H and O–H groups in total. The van der Waals surface area contributed by atoms with Gasteiger partial charge in [0.1, 0.15) is 0 Å². The van der Waals surface area contributed by atoms with Crippen LogP contribution < -0.4 is 11.2 Å². The lowest BCUT2D eigenvalue weighted by atomic mass is 9.47. The lowest BCUT2D eigenvalue weighted by molar-refractivity contribution is -0.0539. The largest absolute Gasteiger partial charge is 0.350 e. The van der Waals surface area contributed by atoms with Crippen LogP contribution in [0.25, 0.3) is 0 Å². The third-order valence-corrected chi connectivity index (χ3v) is 7.50. The lowest BCUT2D eigenvalue weighted by Crippen LogP contribution is -2.49. The molecular weight excluding hydrogens is 346 g/mol. The lowest BCUT2D eigenvalue weighted by Gasteiger charge is -2.58. The average molecular weight is 388 g/mol. The molecule has 0 bridgehead atoms. The van der Waals surface area contributed by atoms with E-state index in [1.165, 1.54) is 49.7 Å². The fraction of sp³-hybridized carbons (Fsp3) is 0.750. The maximum Gasteiger partial charge on any atom is 0.332 e. The summed E-state index contributed by atoms with van der Waals surface area (Å²) in [5.74, 6) is 1.47. The summed E-state index contributed by atoms with van der Waals surface area (Å²) in [5, 5.41) is 3.97. The topological polar surface area (TPSA) is 67.5 Å². The van der Waals surface area contributed by atoms with Gasteiger partial charge >= 0.3 is 6.03 Å². The van der Waals surface area contributed by atoms with Crippen LogP contribution in [-0.2, 0) is 0 Å². The van der Waals surface area contributed by atoms with Crippen LogP contribution in [0, 0.1) is 22.7 Å². The molecule has 0 saturated heterocycles. The van der Waals surface area contributed by atoms with Gasteiger partial charge in [0.2, 0.25) is 0 Å². The number of allylic oxidation sites excluding steroid dienone is 3. The smallest absolute Gasteiger partial charge is 0.332 e. The predicted octanol–water partition coefficient (Wildman–Crippen LogP) is 6.34. The molecule has 0 aliphatic heterocycles. The van der Waals surface area contributed by atoms with E-state index in [0.29, 0.717) is 16.7 Å². The molecule has 2 aliphatic carbocycles. The Labute approximate surface area is 172 Å². The van der Waals surface area contributed by atoms with Crippen LogP contribution in [0.15, 0.2) is 28.9 Å². The summed E-state index contributed by atoms with van der Waals surface area (Å²) in [5.41, 5.74) is 12.0. The number of primary amides is 1. The van der Waals surface area contributed by atoms with Crippen molar-refractivity contribution in [1.29, 1.82) is 0 Å². The minimum Gasteiger partial charge on any atom is -0.350 e. The van der Waals surface area contributed by atoms with E-state index in [4.69, 9.17) is 5.73 Å². The second kappa shape index (κ2) is 9.28. The second-order valence-corrected chi connectivity index (χ2v) is 10.1. The second-order valence-electron chi connectivity index (χ2n) is 10.1. The molecule has 3 atom stereocenters. The summed E-state index contributed by atoms with van der Waals surface area (Å²) in [6.45, 7) is 16.2. The quantitative estimate of drug-likeness (QED) is 0.299. The van der Waals surface area contributed by atoms with Crippen molar-refractivity contribution in [3.8, 4) is 0 Å². The number of nitrogens with two attached hydrogens (primary N) is 1. The van der Waals surface area contributed by atoms with E-state index >= 15 is 0 Å². The molecule has 4 heteroatoms. The number of amides is 2. The minimum absolute atomic E-state index is 0.418. The molecule has 2 aliphatic rings. The number of hydrogen-bond donors (Lipinski definition) is 2. The first-order chi connectivity index (χ1) is 13.1. The van der Waals surface area contributed by atoms with E-state index in [1.54, 1.807) is 0 Å². The fourth-order valence-corrected chi connectivity index (χ4v) is 6.02. The van der Waals surface area contributed by atoms with E-state index in [-0.39, 0.29) is 0 Å². The van der Waals surface area contributed by atoms with Gasteiger partial charge < -0.3 is 5.73 Å². The van der Waals surface area contributed by atoms with Crippen molar-refractivity contribution in [3.05, 3.63) is 23.8 Å². The van der Waals surface area contributed by atoms with E-state index in [0.717, 1.165) is 30.9 Å². The highest BCUT2D eigenvalue weighted by molar-refractivity contribution is 5.83. The van der Waals surface area contributed by atoms with E-state index in [1.807, 2.05) is 6.92 Å². The van der Waals surface area contributed by atoms with Crippen LogP contribution in [0.1, 0.15) is 92.4 Å². The normalized spacial score (nSPS) is 30.7. The van der Waals surface area contributed by atoms with Crippen molar-refractivity contribution in [3.63, 3.8) is 0 Å². The third kappa shape index (κ3) is 5.48. The fourth-order valence-electron chi connectivity index (χ4n) is 6.02. The van der Waals surface area contributed by atoms with Crippen molar-refractivity contribution in [2.45, 2.75) is 92.4 Å². The Balaban J connectivity index is 1.93. The third-order valence-electron chi connectivity index (χ3n) is 7.50. The maximum atomic E-state index is 10.7. The van der Waals surface area contributed by atoms with Crippen molar-refractivity contribution in [2.24, 2.45) is 33.5 Å². The molecule has 0 radical (unpaired) electrons. The molecule has 158 valence electrons. The minimum atomic E-state index is -0.614. The van der Waals surface area contributed by atoms with Crippen LogP contribution in [-0.4, -0.2) is 11.7 Å². The van der Waals surface area contributed by atoms with Crippen molar-refractivity contribution < 1.29 is 4.79 Å². The summed E-state index contributed by atoms with van der Waals surface area (Å²) >= 11 is 0. The van der Waals surface area contributed by atoms with Gasteiger partial charge in [-0.1, -0.05) is 51.0 Å². The zero-order valence-corrected chi connectivity index (χ0v) is 18.7. The zero-order valence-electron chi connectivity index (χ0n) is 18.7. The van der Waals surface area contributed by atoms with Gasteiger partial charge in [-0.25, -0.2) is 10.2 Å². The zero-order chi connectivity index (χ0) is 20.9. The molecule has 2 saturated carbocycles. The van der Waals surface area contributed by atoms with E-state index in [2.05, 4.69) is 50.9 Å².